The van der Waals surface area contributed by atoms with Crippen molar-refractivity contribution in [2.45, 2.75) is 13.8 Å². The number of rotatable bonds is 8. The Morgan fingerprint density at radius 3 is 1.92 bits per heavy atom. The minimum Gasteiger partial charge on any atom is -0.484 e. The van der Waals surface area contributed by atoms with Crippen LogP contribution in [-0.4, -0.2) is 41.8 Å². The van der Waals surface area contributed by atoms with E-state index in [1.165, 1.54) is 6.08 Å². The molecule has 1 fully saturated rings. The van der Waals surface area contributed by atoms with Crippen molar-refractivity contribution in [2.24, 2.45) is 0 Å². The highest BCUT2D eigenvalue weighted by Crippen LogP contribution is 2.18. The third kappa shape index (κ3) is 6.82. The summed E-state index contributed by atoms with van der Waals surface area (Å²) in [6.45, 7) is 3.32. The van der Waals surface area contributed by atoms with Crippen molar-refractivity contribution in [1.82, 2.24) is 10.2 Å². The fourth-order valence-corrected chi connectivity index (χ4v) is 3.51. The molecule has 3 aromatic carbocycles. The van der Waals surface area contributed by atoms with Gasteiger partial charge in [0.1, 0.15) is 18.0 Å². The number of benzene rings is 3. The molecule has 37 heavy (non-hydrogen) atoms. The van der Waals surface area contributed by atoms with Gasteiger partial charge in [-0.05, 0) is 61.9 Å². The number of aryl methyl sites for hydroxylation is 2. The SMILES string of the molecule is Cc1ccc(NC(=O)COc2ccc(/C=C3/NC(=O)N(CC(=O)Nc4ccc(C)cc4)C3=O)cc2)cc1. The largest absolute Gasteiger partial charge is 0.484 e. The van der Waals surface area contributed by atoms with Gasteiger partial charge in [-0.2, -0.15) is 0 Å². The van der Waals surface area contributed by atoms with E-state index in [9.17, 15) is 19.2 Å². The maximum Gasteiger partial charge on any atom is 0.329 e. The summed E-state index contributed by atoms with van der Waals surface area (Å²) in [6.07, 6.45) is 1.51. The lowest BCUT2D eigenvalue weighted by Gasteiger charge is -2.12. The van der Waals surface area contributed by atoms with Crippen molar-refractivity contribution in [3.05, 3.63) is 95.2 Å². The monoisotopic (exact) mass is 498 g/mol. The van der Waals surface area contributed by atoms with E-state index in [1.54, 1.807) is 36.4 Å². The molecule has 0 aromatic heterocycles. The summed E-state index contributed by atoms with van der Waals surface area (Å²) in [4.78, 5) is 50.2. The van der Waals surface area contributed by atoms with Crippen molar-refractivity contribution in [2.75, 3.05) is 23.8 Å². The second-order valence-corrected chi connectivity index (χ2v) is 8.57. The normalized spacial score (nSPS) is 13.9. The van der Waals surface area contributed by atoms with Crippen LogP contribution in [0.1, 0.15) is 16.7 Å². The molecule has 0 atom stereocenters. The van der Waals surface area contributed by atoms with Crippen LogP contribution in [0.2, 0.25) is 0 Å². The fourth-order valence-electron chi connectivity index (χ4n) is 3.51. The Bertz CT molecular complexity index is 1350. The molecule has 1 heterocycles. The number of imide groups is 1. The Balaban J connectivity index is 1.30. The van der Waals surface area contributed by atoms with Gasteiger partial charge in [-0.15, -0.1) is 0 Å². The van der Waals surface area contributed by atoms with Gasteiger partial charge in [-0.25, -0.2) is 9.69 Å². The predicted molar refractivity (Wildman–Crippen MR) is 140 cm³/mol. The van der Waals surface area contributed by atoms with Crippen molar-refractivity contribution in [3.63, 3.8) is 0 Å². The van der Waals surface area contributed by atoms with Crippen molar-refractivity contribution in [1.29, 1.82) is 0 Å². The highest BCUT2D eigenvalue weighted by atomic mass is 16.5. The van der Waals surface area contributed by atoms with Gasteiger partial charge < -0.3 is 20.7 Å². The molecule has 0 spiro atoms. The highest BCUT2D eigenvalue weighted by Gasteiger charge is 2.34. The number of urea groups is 1. The first-order chi connectivity index (χ1) is 17.8. The van der Waals surface area contributed by atoms with Crippen LogP contribution in [-0.2, 0) is 14.4 Å². The second kappa shape index (κ2) is 11.2. The predicted octanol–water partition coefficient (Wildman–Crippen LogP) is 3.85. The van der Waals surface area contributed by atoms with Crippen molar-refractivity contribution >= 4 is 41.2 Å². The first-order valence-electron chi connectivity index (χ1n) is 11.6. The van der Waals surface area contributed by atoms with Crippen molar-refractivity contribution in [3.8, 4) is 5.75 Å². The van der Waals surface area contributed by atoms with Gasteiger partial charge in [0.15, 0.2) is 6.61 Å². The zero-order chi connectivity index (χ0) is 26.4. The number of nitrogens with one attached hydrogen (secondary N) is 3. The summed E-state index contributed by atoms with van der Waals surface area (Å²) in [5, 5.41) is 7.92. The van der Waals surface area contributed by atoms with Crippen LogP contribution in [0, 0.1) is 13.8 Å². The summed E-state index contributed by atoms with van der Waals surface area (Å²) in [5.74, 6) is -0.906. The van der Waals surface area contributed by atoms with Crippen LogP contribution in [0.15, 0.2) is 78.5 Å². The van der Waals surface area contributed by atoms with Gasteiger partial charge in [0.05, 0.1) is 0 Å². The number of carbonyl (C=O) groups excluding carboxylic acids is 4. The van der Waals surface area contributed by atoms with Gasteiger partial charge in [0.25, 0.3) is 11.8 Å². The summed E-state index contributed by atoms with van der Waals surface area (Å²) in [6, 6.07) is 20.6. The lowest BCUT2D eigenvalue weighted by Crippen LogP contribution is -2.38. The van der Waals surface area contributed by atoms with E-state index >= 15 is 0 Å². The Hall–Kier alpha value is -4.92. The lowest BCUT2D eigenvalue weighted by molar-refractivity contribution is -0.127. The van der Waals surface area contributed by atoms with Crippen LogP contribution < -0.4 is 20.7 Å². The molecular weight excluding hydrogens is 472 g/mol. The summed E-state index contributed by atoms with van der Waals surface area (Å²) in [7, 11) is 0. The van der Waals surface area contributed by atoms with Crippen LogP contribution in [0.3, 0.4) is 0 Å². The van der Waals surface area contributed by atoms with Crippen molar-refractivity contribution < 1.29 is 23.9 Å². The number of hydrogen-bond acceptors (Lipinski definition) is 5. The topological polar surface area (TPSA) is 117 Å². The third-order valence-electron chi connectivity index (χ3n) is 5.50. The van der Waals surface area contributed by atoms with E-state index in [0.717, 1.165) is 16.0 Å². The Labute approximate surface area is 214 Å². The maximum absolute atomic E-state index is 12.7. The van der Waals surface area contributed by atoms with E-state index in [-0.39, 0.29) is 18.2 Å². The molecule has 1 saturated heterocycles. The molecule has 0 unspecified atom stereocenters. The Morgan fingerprint density at radius 2 is 1.35 bits per heavy atom. The number of anilines is 2. The molecule has 5 amide bonds. The molecule has 188 valence electrons. The fraction of sp³-hybridized carbons (Fsp3) is 0.143. The number of nitrogens with zero attached hydrogens (tertiary/aromatic N) is 1. The van der Waals surface area contributed by atoms with Gasteiger partial charge in [-0.3, -0.25) is 14.4 Å². The first-order valence-corrected chi connectivity index (χ1v) is 11.6. The average molecular weight is 499 g/mol. The van der Waals surface area contributed by atoms with E-state index in [0.29, 0.717) is 22.7 Å². The zero-order valence-corrected chi connectivity index (χ0v) is 20.4. The maximum atomic E-state index is 12.7. The quantitative estimate of drug-likeness (QED) is 0.322. The van der Waals surface area contributed by atoms with E-state index < -0.39 is 24.4 Å². The van der Waals surface area contributed by atoms with Gasteiger partial charge in [-0.1, -0.05) is 47.5 Å². The van der Waals surface area contributed by atoms with Crippen LogP contribution in [0.25, 0.3) is 6.08 Å². The summed E-state index contributed by atoms with van der Waals surface area (Å²) in [5.41, 5.74) is 4.09. The minimum atomic E-state index is -0.671. The van der Waals surface area contributed by atoms with Crippen LogP contribution in [0.4, 0.5) is 16.2 Å². The van der Waals surface area contributed by atoms with E-state index in [1.807, 2.05) is 50.2 Å². The zero-order valence-electron chi connectivity index (χ0n) is 20.4. The number of ether oxygens (including phenoxy) is 1. The molecule has 3 N–H and O–H groups in total. The average Bonchev–Trinajstić information content (AvgIpc) is 3.13. The van der Waals surface area contributed by atoms with Gasteiger partial charge in [0, 0.05) is 11.4 Å². The second-order valence-electron chi connectivity index (χ2n) is 8.57. The molecule has 0 bridgehead atoms. The van der Waals surface area contributed by atoms with E-state index in [2.05, 4.69) is 16.0 Å². The molecule has 0 saturated carbocycles. The molecule has 9 heteroatoms. The number of hydrogen-bond donors (Lipinski definition) is 3. The molecule has 0 aliphatic carbocycles. The number of amides is 5. The Kier molecular flexibility index (Phi) is 7.63. The van der Waals surface area contributed by atoms with Crippen LogP contribution >= 0.6 is 0 Å². The number of carbonyl (C=O) groups is 4. The first kappa shape index (κ1) is 25.2. The van der Waals surface area contributed by atoms with E-state index in [4.69, 9.17) is 4.74 Å². The van der Waals surface area contributed by atoms with Crippen LogP contribution in [0.5, 0.6) is 5.75 Å². The highest BCUT2D eigenvalue weighted by molar-refractivity contribution is 6.15. The molecule has 3 aromatic rings. The molecular formula is C28H26N4O5. The Morgan fingerprint density at radius 1 is 0.811 bits per heavy atom. The third-order valence-corrected chi connectivity index (χ3v) is 5.50. The summed E-state index contributed by atoms with van der Waals surface area (Å²) >= 11 is 0. The molecule has 9 nitrogen and oxygen atoms in total. The summed E-state index contributed by atoms with van der Waals surface area (Å²) < 4.78 is 5.52. The molecule has 0 radical (unpaired) electrons. The molecule has 1 aliphatic heterocycles. The van der Waals surface area contributed by atoms with Gasteiger partial charge in [0.2, 0.25) is 5.91 Å². The minimum absolute atomic E-state index is 0.0549. The molecule has 1 aliphatic rings. The standard InChI is InChI=1S/C28H26N4O5/c1-18-3-9-21(10-4-18)29-25(33)16-32-27(35)24(31-28(32)36)15-20-7-13-23(14-8-20)37-17-26(34)30-22-11-5-19(2)6-12-22/h3-15H,16-17H2,1-2H3,(H,29,33)(H,30,34)(H,31,36)/b24-15+. The molecule has 4 rings (SSSR count). The lowest BCUT2D eigenvalue weighted by atomic mass is 10.2. The smallest absolute Gasteiger partial charge is 0.329 e. The van der Waals surface area contributed by atoms with Gasteiger partial charge >= 0.3 is 6.03 Å².